The van der Waals surface area contributed by atoms with Gasteiger partial charge in [-0.3, -0.25) is 24.2 Å². The number of urea groups is 1. The summed E-state index contributed by atoms with van der Waals surface area (Å²) in [5.74, 6) is -0.550. The lowest BCUT2D eigenvalue weighted by atomic mass is 9.99. The molecule has 23 heteroatoms. The number of pyridine rings is 1. The van der Waals surface area contributed by atoms with E-state index in [1.165, 1.54) is 45.5 Å². The van der Waals surface area contributed by atoms with Crippen molar-refractivity contribution in [2.24, 2.45) is 0 Å². The Balaban J connectivity index is 0.792. The Kier molecular flexibility index (Phi) is 18.4. The van der Waals surface area contributed by atoms with Crippen LogP contribution in [0.1, 0.15) is 110 Å². The summed E-state index contributed by atoms with van der Waals surface area (Å²) in [7, 11) is -8.36. The summed E-state index contributed by atoms with van der Waals surface area (Å²) < 4.78 is 58.7. The molecule has 6 aromatic rings. The predicted molar refractivity (Wildman–Crippen MR) is 301 cm³/mol. The number of ketones is 1. The lowest BCUT2D eigenvalue weighted by Gasteiger charge is -2.29. The Labute approximate surface area is 469 Å². The van der Waals surface area contributed by atoms with E-state index in [2.05, 4.69) is 41.9 Å². The molecule has 80 heavy (non-hydrogen) atoms. The Hall–Kier alpha value is -7.05. The Bertz CT molecular complexity index is 3440. The molecule has 7 atom stereocenters. The van der Waals surface area contributed by atoms with E-state index in [1.54, 1.807) is 79.9 Å². The second-order valence-electron chi connectivity index (χ2n) is 20.8. The van der Waals surface area contributed by atoms with Crippen molar-refractivity contribution in [3.05, 3.63) is 143 Å². The van der Waals surface area contributed by atoms with Gasteiger partial charge in [0.1, 0.15) is 11.7 Å². The monoisotopic (exact) mass is 1150 g/mol. The number of aliphatic hydroxyl groups excluding tert-OH is 1. The van der Waals surface area contributed by atoms with Gasteiger partial charge in [0.05, 0.1) is 57.2 Å². The zero-order valence-electron chi connectivity index (χ0n) is 44.5. The summed E-state index contributed by atoms with van der Waals surface area (Å²) >= 11 is 1.86. The quantitative estimate of drug-likeness (QED) is 0.0268. The third-order valence-corrected chi connectivity index (χ3v) is 20.2. The molecule has 4 aromatic carbocycles. The molecule has 2 unspecified atom stereocenters. The minimum atomic E-state index is -4.30. The largest absolute Gasteiger partial charge is 0.390 e. The average molecular weight is 1150 g/mol. The molecule has 0 radical (unpaired) electrons. The van der Waals surface area contributed by atoms with Gasteiger partial charge in [0, 0.05) is 72.6 Å². The van der Waals surface area contributed by atoms with Crippen LogP contribution in [-0.4, -0.2) is 131 Å². The maximum atomic E-state index is 14.3. The van der Waals surface area contributed by atoms with Crippen LogP contribution in [0.25, 0.3) is 10.9 Å². The molecule has 2 aromatic heterocycles. The standard InChI is InChI=1S/C57H66N10O10S3/c1-36-32-66(80(76,77)45-25-23-44(24-26-45)79(74,75)50-16-11-14-41-29-42(36)30-59-53(41)50)34-48(68)37(2)67-33-43(64-65-67)31-60-56(72)46(28-38-19-21-40(22-20-38)55(71)39-12-5-3-6-13-39)61-52(70)18-7-4-10-27-58-51(69)17-9-8-15-49-54-47(35-78-49)62-57(73)63-54/h3,5-6,11-14,16,19-26,29-30,33,36-37,46-49,54,68H,4,7-10,15,17-18,27-28,31-32,34-35H2,1-2H3,(H,58,69)(H,60,72)(H,61,70)(H2,62,63,73)/t36?,37-,46-,47-,48?,49-,54-/m0/s1. The number of nitrogens with one attached hydrogen (secondary N) is 5. The number of aliphatic hydroxyl groups is 1. The van der Waals surface area contributed by atoms with Crippen LogP contribution in [0.15, 0.2) is 130 Å². The Morgan fingerprint density at radius 1 is 0.825 bits per heavy atom. The van der Waals surface area contributed by atoms with Gasteiger partial charge in [0.15, 0.2) is 5.78 Å². The average Bonchev–Trinajstić information content (AvgIpc) is 4.21. The highest BCUT2D eigenvalue weighted by Crippen LogP contribution is 2.34. The summed E-state index contributed by atoms with van der Waals surface area (Å²) in [5.41, 5.74) is 2.99. The van der Waals surface area contributed by atoms with E-state index in [4.69, 9.17) is 0 Å². The zero-order chi connectivity index (χ0) is 56.6. The maximum Gasteiger partial charge on any atom is 0.315 e. The number of sulfonamides is 1. The van der Waals surface area contributed by atoms with Gasteiger partial charge in [-0.2, -0.15) is 16.1 Å². The fourth-order valence-corrected chi connectivity index (χ4v) is 14.8. The summed E-state index contributed by atoms with van der Waals surface area (Å²) in [5, 5.41) is 35.7. The molecule has 20 nitrogen and oxygen atoms in total. The second-order valence-corrected chi connectivity index (χ2v) is 25.9. The second kappa shape index (κ2) is 25.6. The highest BCUT2D eigenvalue weighted by Gasteiger charge is 2.42. The molecule has 2 saturated heterocycles. The summed E-state index contributed by atoms with van der Waals surface area (Å²) in [6.07, 6.45) is 6.88. The first-order valence-electron chi connectivity index (χ1n) is 27.0. The van der Waals surface area contributed by atoms with Gasteiger partial charge in [-0.1, -0.05) is 91.7 Å². The summed E-state index contributed by atoms with van der Waals surface area (Å²) in [6.45, 7) is 3.44. The van der Waals surface area contributed by atoms with Gasteiger partial charge in [0.2, 0.25) is 37.6 Å². The third kappa shape index (κ3) is 13.7. The molecule has 6 bridgehead atoms. The van der Waals surface area contributed by atoms with E-state index in [-0.39, 0.29) is 82.9 Å². The molecule has 422 valence electrons. The fourth-order valence-electron chi connectivity index (χ4n) is 10.3. The number of carbonyl (C=O) groups is 5. The van der Waals surface area contributed by atoms with E-state index < -0.39 is 49.9 Å². The van der Waals surface area contributed by atoms with Crippen LogP contribution < -0.4 is 26.6 Å². The molecule has 0 spiro atoms. The first-order valence-corrected chi connectivity index (χ1v) is 31.0. The van der Waals surface area contributed by atoms with E-state index >= 15 is 0 Å². The van der Waals surface area contributed by atoms with Crippen LogP contribution in [0.3, 0.4) is 0 Å². The fraction of sp³-hybridized carbons (Fsp3) is 0.404. The molecule has 0 saturated carbocycles. The van der Waals surface area contributed by atoms with E-state index in [9.17, 15) is 45.9 Å². The van der Waals surface area contributed by atoms with Crippen LogP contribution in [0.4, 0.5) is 4.79 Å². The van der Waals surface area contributed by atoms with Gasteiger partial charge in [-0.05, 0) is 86.1 Å². The first kappa shape index (κ1) is 57.6. The number of carbonyl (C=O) groups excluding carboxylic acids is 5. The summed E-state index contributed by atoms with van der Waals surface area (Å²) in [6, 6.07) is 25.8. The molecule has 12 rings (SSSR count). The van der Waals surface area contributed by atoms with Gasteiger partial charge in [0.25, 0.3) is 0 Å². The maximum absolute atomic E-state index is 14.3. The van der Waals surface area contributed by atoms with Crippen molar-refractivity contribution in [1.29, 1.82) is 0 Å². The molecular weight excluding hydrogens is 1080 g/mol. The molecule has 6 N–H and O–H groups in total. The smallest absolute Gasteiger partial charge is 0.315 e. The number of amides is 5. The van der Waals surface area contributed by atoms with E-state index in [0.29, 0.717) is 76.3 Å². The van der Waals surface area contributed by atoms with Gasteiger partial charge < -0.3 is 31.7 Å². The predicted octanol–water partition coefficient (Wildman–Crippen LogP) is 5.37. The number of unbranched alkanes of at least 4 members (excludes halogenated alkanes) is 3. The Morgan fingerprint density at radius 3 is 2.33 bits per heavy atom. The molecule has 0 aliphatic carbocycles. The highest BCUT2D eigenvalue weighted by atomic mass is 32.2. The molecule has 5 amide bonds. The van der Waals surface area contributed by atoms with Crippen molar-refractivity contribution in [2.75, 3.05) is 25.4 Å². The van der Waals surface area contributed by atoms with Crippen molar-refractivity contribution in [2.45, 2.75) is 134 Å². The van der Waals surface area contributed by atoms with Crippen molar-refractivity contribution in [3.63, 3.8) is 0 Å². The molecule has 6 aliphatic heterocycles. The summed E-state index contributed by atoms with van der Waals surface area (Å²) in [4.78, 5) is 69.0. The minimum Gasteiger partial charge on any atom is -0.390 e. The van der Waals surface area contributed by atoms with Crippen molar-refractivity contribution in [3.8, 4) is 0 Å². The number of fused-ring (bicyclic) bond motifs is 1. The van der Waals surface area contributed by atoms with Crippen LogP contribution in [0.2, 0.25) is 0 Å². The van der Waals surface area contributed by atoms with Crippen LogP contribution in [-0.2, 0) is 47.2 Å². The minimum absolute atomic E-state index is 0.0140. The van der Waals surface area contributed by atoms with Gasteiger partial charge in [-0.25, -0.2) is 26.3 Å². The normalized spacial score (nSPS) is 20.3. The van der Waals surface area contributed by atoms with E-state index in [0.717, 1.165) is 25.0 Å². The molecule has 2 fully saturated rings. The molecule has 6 aliphatic rings. The SMILES string of the molecule is CC1CN(CC(O)[C@H](C)n2cc(CNC(=O)[C@H](Cc3ccc(C(=O)c4ccccc4)cc3)NC(=O)CCCCCNC(=O)CCCC[C@@H]3SC[C@@H]4NC(=O)N[C@@H]43)nn2)S(=O)(=O)c2ccc(cc2)S(=O)(=O)c2cccc3cc1cnc23. The number of hydrogen-bond acceptors (Lipinski definition) is 14. The van der Waals surface area contributed by atoms with Gasteiger partial charge >= 0.3 is 6.03 Å². The number of hydrogen-bond donors (Lipinski definition) is 6. The Morgan fingerprint density at radius 2 is 1.55 bits per heavy atom. The zero-order valence-corrected chi connectivity index (χ0v) is 46.9. The number of sulfone groups is 1. The third-order valence-electron chi connectivity index (χ3n) is 15.0. The molecular formula is C57H66N10O10S3. The highest BCUT2D eigenvalue weighted by molar-refractivity contribution is 8.00. The first-order chi connectivity index (χ1) is 38.4. The van der Waals surface area contributed by atoms with E-state index in [1.807, 2.05) is 24.8 Å². The number of para-hydroxylation sites is 1. The number of aromatic nitrogens is 4. The molecule has 8 heterocycles. The van der Waals surface area contributed by atoms with Crippen molar-refractivity contribution < 1.29 is 45.9 Å². The number of thioether (sulfide) groups is 1. The topological polar surface area (TPSA) is 281 Å². The lowest BCUT2D eigenvalue weighted by molar-refractivity contribution is -0.129. The van der Waals surface area contributed by atoms with Crippen LogP contribution in [0.5, 0.6) is 0 Å². The van der Waals surface area contributed by atoms with Crippen molar-refractivity contribution >= 4 is 72.1 Å². The van der Waals surface area contributed by atoms with Crippen LogP contribution in [0, 0.1) is 0 Å². The number of rotatable bonds is 23. The van der Waals surface area contributed by atoms with Crippen LogP contribution >= 0.6 is 11.8 Å². The number of benzene rings is 4. The van der Waals surface area contributed by atoms with Gasteiger partial charge in [-0.15, -0.1) is 5.10 Å². The number of nitrogens with zero attached hydrogens (tertiary/aromatic N) is 5. The lowest BCUT2D eigenvalue weighted by Crippen LogP contribution is -2.47. The van der Waals surface area contributed by atoms with Crippen molar-refractivity contribution in [1.82, 2.24) is 50.9 Å².